The van der Waals surface area contributed by atoms with Gasteiger partial charge in [0.2, 0.25) is 0 Å². The molecule has 5 atom stereocenters. The highest BCUT2D eigenvalue weighted by Crippen LogP contribution is 2.44. The predicted octanol–water partition coefficient (Wildman–Crippen LogP) is 7.08. The molecule has 0 amide bonds. The van der Waals surface area contributed by atoms with E-state index in [0.717, 1.165) is 56.6 Å². The van der Waals surface area contributed by atoms with Gasteiger partial charge in [0.25, 0.3) is 0 Å². The molecule has 11 heteroatoms. The van der Waals surface area contributed by atoms with Crippen molar-refractivity contribution in [1.29, 1.82) is 0 Å². The number of halogens is 6. The molecule has 3 saturated heterocycles. The van der Waals surface area contributed by atoms with Crippen LogP contribution in [-0.4, -0.2) is 63.9 Å². The van der Waals surface area contributed by atoms with Crippen LogP contribution in [0.2, 0.25) is 0 Å². The first-order chi connectivity index (χ1) is 19.9. The summed E-state index contributed by atoms with van der Waals surface area (Å²) in [6.07, 6.45) is -9.04. The molecular weight excluding hydrogens is 564 g/mol. The zero-order valence-electron chi connectivity index (χ0n) is 23.7. The second-order valence-electron chi connectivity index (χ2n) is 11.7. The second kappa shape index (κ2) is 12.4. The highest BCUT2D eigenvalue weighted by Gasteiger charge is 2.47. The van der Waals surface area contributed by atoms with Crippen LogP contribution in [0.4, 0.5) is 26.3 Å². The highest BCUT2D eigenvalue weighted by atomic mass is 19.4. The summed E-state index contributed by atoms with van der Waals surface area (Å²) >= 11 is 0. The molecule has 5 unspecified atom stereocenters. The zero-order valence-corrected chi connectivity index (χ0v) is 23.7. The minimum atomic E-state index is -4.93. The Morgan fingerprint density at radius 3 is 2.21 bits per heavy atom. The van der Waals surface area contributed by atoms with Gasteiger partial charge < -0.3 is 23.8 Å². The van der Waals surface area contributed by atoms with Gasteiger partial charge in [-0.1, -0.05) is 30.3 Å². The molecule has 3 fully saturated rings. The van der Waals surface area contributed by atoms with E-state index in [9.17, 15) is 26.3 Å². The SMILES string of the molecule is COC1COCC12CCN(CC1CCOC(OC(C)c3cc(C(F)(F)F)cc(C(F)(F)F)c3)C1c1ccccc1)CC2. The molecule has 3 aliphatic heterocycles. The maximum Gasteiger partial charge on any atom is 0.416 e. The molecule has 3 aliphatic rings. The Balaban J connectivity index is 1.35. The molecule has 0 N–H and O–H groups in total. The third-order valence-corrected chi connectivity index (χ3v) is 9.14. The predicted molar refractivity (Wildman–Crippen MR) is 143 cm³/mol. The minimum Gasteiger partial charge on any atom is -0.378 e. The number of rotatable bonds is 7. The second-order valence-corrected chi connectivity index (χ2v) is 11.7. The summed E-state index contributed by atoms with van der Waals surface area (Å²) in [7, 11) is 1.73. The monoisotopic (exact) mass is 601 g/mol. The number of piperidine rings is 1. The fraction of sp³-hybridized carbons (Fsp3) is 0.613. The summed E-state index contributed by atoms with van der Waals surface area (Å²) in [4.78, 5) is 2.42. The molecular formula is C31H37F6NO4. The number of likely N-dealkylation sites (tertiary alicyclic amines) is 1. The van der Waals surface area contributed by atoms with Gasteiger partial charge >= 0.3 is 12.4 Å². The molecule has 3 heterocycles. The van der Waals surface area contributed by atoms with Crippen molar-refractivity contribution in [2.75, 3.05) is 46.6 Å². The van der Waals surface area contributed by atoms with Crippen molar-refractivity contribution in [3.8, 4) is 0 Å². The summed E-state index contributed by atoms with van der Waals surface area (Å²) in [6, 6.07) is 11.2. The van der Waals surface area contributed by atoms with Crippen molar-refractivity contribution in [3.05, 3.63) is 70.8 Å². The van der Waals surface area contributed by atoms with E-state index in [4.69, 9.17) is 18.9 Å². The van der Waals surface area contributed by atoms with E-state index in [0.29, 0.717) is 19.8 Å². The number of methoxy groups -OCH3 is 1. The lowest BCUT2D eigenvalue weighted by Crippen LogP contribution is -2.49. The molecule has 0 aromatic heterocycles. The Morgan fingerprint density at radius 2 is 1.62 bits per heavy atom. The van der Waals surface area contributed by atoms with Crippen molar-refractivity contribution in [3.63, 3.8) is 0 Å². The summed E-state index contributed by atoms with van der Waals surface area (Å²) < 4.78 is 105. The fourth-order valence-electron chi connectivity index (χ4n) is 6.70. The quantitative estimate of drug-likeness (QED) is 0.318. The van der Waals surface area contributed by atoms with E-state index in [1.165, 1.54) is 6.92 Å². The molecule has 0 radical (unpaired) electrons. The Bertz CT molecular complexity index is 1150. The minimum absolute atomic E-state index is 0.0288. The van der Waals surface area contributed by atoms with E-state index in [1.807, 2.05) is 30.3 Å². The van der Waals surface area contributed by atoms with Gasteiger partial charge in [-0.15, -0.1) is 0 Å². The number of ether oxygens (including phenoxy) is 4. The van der Waals surface area contributed by atoms with E-state index in [2.05, 4.69) is 4.90 Å². The zero-order chi connectivity index (χ0) is 30.1. The van der Waals surface area contributed by atoms with Gasteiger partial charge in [0.15, 0.2) is 6.29 Å². The third-order valence-electron chi connectivity index (χ3n) is 9.14. The van der Waals surface area contributed by atoms with Gasteiger partial charge in [-0.05, 0) is 74.5 Å². The first-order valence-corrected chi connectivity index (χ1v) is 14.3. The summed E-state index contributed by atoms with van der Waals surface area (Å²) in [5.41, 5.74) is -1.95. The van der Waals surface area contributed by atoms with Crippen LogP contribution in [0.1, 0.15) is 60.5 Å². The summed E-state index contributed by atoms with van der Waals surface area (Å²) in [5.74, 6) is -0.148. The van der Waals surface area contributed by atoms with Gasteiger partial charge in [-0.3, -0.25) is 0 Å². The van der Waals surface area contributed by atoms with Crippen LogP contribution in [0.15, 0.2) is 48.5 Å². The maximum atomic E-state index is 13.5. The average Bonchev–Trinajstić information content (AvgIpc) is 3.35. The molecule has 5 rings (SSSR count). The van der Waals surface area contributed by atoms with Crippen molar-refractivity contribution in [2.45, 2.75) is 63.0 Å². The number of benzene rings is 2. The van der Waals surface area contributed by atoms with Crippen LogP contribution in [0.25, 0.3) is 0 Å². The third kappa shape index (κ3) is 6.80. The summed E-state index contributed by atoms with van der Waals surface area (Å²) in [6.45, 7) is 5.68. The molecule has 2 aromatic rings. The van der Waals surface area contributed by atoms with E-state index in [-0.39, 0.29) is 35.0 Å². The van der Waals surface area contributed by atoms with Crippen LogP contribution in [0.5, 0.6) is 0 Å². The van der Waals surface area contributed by atoms with Gasteiger partial charge in [-0.25, -0.2) is 0 Å². The Kier molecular flexibility index (Phi) is 9.25. The van der Waals surface area contributed by atoms with Crippen LogP contribution in [-0.2, 0) is 31.3 Å². The van der Waals surface area contributed by atoms with Crippen molar-refractivity contribution < 1.29 is 45.3 Å². The van der Waals surface area contributed by atoms with Crippen LogP contribution in [0.3, 0.4) is 0 Å². The first kappa shape index (κ1) is 31.3. The first-order valence-electron chi connectivity index (χ1n) is 14.3. The number of hydrogen-bond donors (Lipinski definition) is 0. The highest BCUT2D eigenvalue weighted by molar-refractivity contribution is 5.35. The van der Waals surface area contributed by atoms with Crippen molar-refractivity contribution in [2.24, 2.45) is 11.3 Å². The molecule has 232 valence electrons. The number of hydrogen-bond acceptors (Lipinski definition) is 5. The lowest BCUT2D eigenvalue weighted by Gasteiger charge is -2.45. The molecule has 0 saturated carbocycles. The van der Waals surface area contributed by atoms with Crippen LogP contribution >= 0.6 is 0 Å². The van der Waals surface area contributed by atoms with Gasteiger partial charge in [-0.2, -0.15) is 26.3 Å². The molecule has 5 nitrogen and oxygen atoms in total. The molecule has 0 aliphatic carbocycles. The lowest BCUT2D eigenvalue weighted by atomic mass is 9.75. The lowest BCUT2D eigenvalue weighted by molar-refractivity contribution is -0.210. The maximum absolute atomic E-state index is 13.5. The summed E-state index contributed by atoms with van der Waals surface area (Å²) in [5, 5.41) is 0. The van der Waals surface area contributed by atoms with Crippen LogP contribution in [0, 0.1) is 11.3 Å². The number of nitrogens with zero attached hydrogens (tertiary/aromatic N) is 1. The molecule has 0 bridgehead atoms. The standard InChI is InChI=1S/C31H37F6NO4/c1-20(23-14-24(30(32,33)34)16-25(15-23)31(35,36)37)42-28-27(21-6-4-3-5-7-21)22(8-13-41-28)17-38-11-9-29(10-12-38)19-40-18-26(29)39-2/h3-7,14-16,20,22,26-28H,8-13,17-19H2,1-2H3. The Labute approximate surface area is 242 Å². The van der Waals surface area contributed by atoms with E-state index in [1.54, 1.807) is 7.11 Å². The smallest absolute Gasteiger partial charge is 0.378 e. The number of alkyl halides is 6. The van der Waals surface area contributed by atoms with Crippen molar-refractivity contribution >= 4 is 0 Å². The average molecular weight is 602 g/mol. The largest absolute Gasteiger partial charge is 0.416 e. The Hall–Kier alpha value is -2.18. The topological polar surface area (TPSA) is 40.2 Å². The fourth-order valence-corrected chi connectivity index (χ4v) is 6.70. The van der Waals surface area contributed by atoms with Crippen LogP contribution < -0.4 is 0 Å². The van der Waals surface area contributed by atoms with Gasteiger partial charge in [0.05, 0.1) is 43.2 Å². The van der Waals surface area contributed by atoms with E-state index < -0.39 is 35.9 Å². The molecule has 1 spiro atoms. The van der Waals surface area contributed by atoms with E-state index >= 15 is 0 Å². The van der Waals surface area contributed by atoms with Crippen molar-refractivity contribution in [1.82, 2.24) is 4.90 Å². The Morgan fingerprint density at radius 1 is 0.976 bits per heavy atom. The molecule has 42 heavy (non-hydrogen) atoms. The molecule has 2 aromatic carbocycles. The van der Waals surface area contributed by atoms with Gasteiger partial charge in [0.1, 0.15) is 0 Å². The van der Waals surface area contributed by atoms with Gasteiger partial charge in [0, 0.05) is 25.0 Å². The normalized spacial score (nSPS) is 27.8.